The Kier molecular flexibility index (Phi) is 1.29. The molecule has 0 spiro atoms. The van der Waals surface area contributed by atoms with Gasteiger partial charge in [-0.25, -0.2) is 4.85 Å². The van der Waals surface area contributed by atoms with Gasteiger partial charge in [-0.3, -0.25) is 0 Å². The van der Waals surface area contributed by atoms with Crippen LogP contribution >= 0.6 is 0 Å². The van der Waals surface area contributed by atoms with Gasteiger partial charge < -0.3 is 5.32 Å². The van der Waals surface area contributed by atoms with Crippen LogP contribution in [0.2, 0.25) is 0 Å². The minimum absolute atomic E-state index is 0.721. The lowest BCUT2D eigenvalue weighted by atomic mass is 10.1. The van der Waals surface area contributed by atoms with Crippen LogP contribution < -0.4 is 5.32 Å². The zero-order valence-electron chi connectivity index (χ0n) is 6.09. The molecular weight excluding hydrogens is 136 g/mol. The Morgan fingerprint density at radius 3 is 3.18 bits per heavy atom. The quantitative estimate of drug-likeness (QED) is 0.552. The molecule has 0 unspecified atom stereocenters. The summed E-state index contributed by atoms with van der Waals surface area (Å²) in [5, 5.41) is 3.23. The van der Waals surface area contributed by atoms with Crippen LogP contribution in [0, 0.1) is 6.57 Å². The topological polar surface area (TPSA) is 16.4 Å². The van der Waals surface area contributed by atoms with E-state index in [4.69, 9.17) is 6.57 Å². The van der Waals surface area contributed by atoms with E-state index in [1.165, 1.54) is 5.56 Å². The van der Waals surface area contributed by atoms with Crippen molar-refractivity contribution in [1.82, 2.24) is 0 Å². The summed E-state index contributed by atoms with van der Waals surface area (Å²) >= 11 is 0. The van der Waals surface area contributed by atoms with Crippen LogP contribution in [0.25, 0.3) is 4.85 Å². The smallest absolute Gasteiger partial charge is 0.189 e. The molecule has 54 valence electrons. The van der Waals surface area contributed by atoms with Crippen molar-refractivity contribution in [2.75, 3.05) is 11.9 Å². The molecule has 0 saturated heterocycles. The summed E-state index contributed by atoms with van der Waals surface area (Å²) in [6.45, 7) is 7.81. The maximum absolute atomic E-state index is 6.80. The Hall–Kier alpha value is -1.49. The highest BCUT2D eigenvalue weighted by atomic mass is 14.9. The Labute approximate surface area is 65.7 Å². The maximum atomic E-state index is 6.80. The van der Waals surface area contributed by atoms with Crippen molar-refractivity contribution in [1.29, 1.82) is 0 Å². The monoisotopic (exact) mass is 144 g/mol. The first-order valence-corrected chi connectivity index (χ1v) is 3.64. The van der Waals surface area contributed by atoms with E-state index in [9.17, 15) is 0 Å². The minimum Gasteiger partial charge on any atom is -0.386 e. The van der Waals surface area contributed by atoms with E-state index in [-0.39, 0.29) is 0 Å². The normalized spacial score (nSPS) is 13.4. The Morgan fingerprint density at radius 2 is 2.36 bits per heavy atom. The number of benzene rings is 1. The second-order valence-electron chi connectivity index (χ2n) is 2.63. The second kappa shape index (κ2) is 2.28. The molecule has 0 atom stereocenters. The molecule has 1 N–H and O–H groups in total. The Bertz CT molecular complexity index is 323. The van der Waals surface area contributed by atoms with Crippen LogP contribution in [0.5, 0.6) is 0 Å². The van der Waals surface area contributed by atoms with E-state index in [0.717, 1.165) is 24.3 Å². The van der Waals surface area contributed by atoms with Gasteiger partial charge in [0.2, 0.25) is 0 Å². The lowest BCUT2D eigenvalue weighted by molar-refractivity contribution is 1.11. The van der Waals surface area contributed by atoms with Crippen molar-refractivity contribution in [3.63, 3.8) is 0 Å². The van der Waals surface area contributed by atoms with Crippen LogP contribution in [0.3, 0.4) is 0 Å². The number of hydrogen-bond acceptors (Lipinski definition) is 1. The van der Waals surface area contributed by atoms with Crippen LogP contribution in [0.15, 0.2) is 18.2 Å². The second-order valence-corrected chi connectivity index (χ2v) is 2.63. The predicted octanol–water partition coefficient (Wildman–Crippen LogP) is 2.21. The first kappa shape index (κ1) is 6.23. The summed E-state index contributed by atoms with van der Waals surface area (Å²) in [7, 11) is 0. The minimum atomic E-state index is 0.721. The van der Waals surface area contributed by atoms with E-state index in [2.05, 4.69) is 10.2 Å². The number of rotatable bonds is 0. The Balaban J connectivity index is 2.51. The van der Waals surface area contributed by atoms with Gasteiger partial charge in [0.15, 0.2) is 5.69 Å². The fraction of sp³-hybridized carbons (Fsp3) is 0.222. The van der Waals surface area contributed by atoms with Crippen molar-refractivity contribution in [3.05, 3.63) is 35.2 Å². The van der Waals surface area contributed by atoms with Crippen LogP contribution in [0.1, 0.15) is 5.56 Å². The molecule has 2 heteroatoms. The van der Waals surface area contributed by atoms with Crippen molar-refractivity contribution < 1.29 is 0 Å². The average Bonchev–Trinajstić information content (AvgIpc) is 2.50. The van der Waals surface area contributed by atoms with Gasteiger partial charge in [0, 0.05) is 12.2 Å². The van der Waals surface area contributed by atoms with Gasteiger partial charge in [0.05, 0.1) is 6.57 Å². The highest BCUT2D eigenvalue weighted by Gasteiger charge is 2.08. The molecule has 1 aliphatic rings. The molecule has 0 aliphatic carbocycles. The van der Waals surface area contributed by atoms with Gasteiger partial charge in [0.1, 0.15) is 0 Å². The van der Waals surface area contributed by atoms with Crippen molar-refractivity contribution >= 4 is 11.4 Å². The maximum Gasteiger partial charge on any atom is 0.189 e. The molecule has 11 heavy (non-hydrogen) atoms. The van der Waals surface area contributed by atoms with Crippen molar-refractivity contribution in [3.8, 4) is 0 Å². The third-order valence-electron chi connectivity index (χ3n) is 1.93. The summed E-state index contributed by atoms with van der Waals surface area (Å²) in [6, 6.07) is 5.82. The summed E-state index contributed by atoms with van der Waals surface area (Å²) in [4.78, 5) is 3.36. The number of hydrogen-bond donors (Lipinski definition) is 1. The summed E-state index contributed by atoms with van der Waals surface area (Å²) < 4.78 is 0. The summed E-state index contributed by atoms with van der Waals surface area (Å²) in [6.07, 6.45) is 1.09. The highest BCUT2D eigenvalue weighted by Crippen LogP contribution is 2.26. The molecule has 1 heterocycles. The molecule has 1 aromatic carbocycles. The summed E-state index contributed by atoms with van der Waals surface area (Å²) in [5.74, 6) is 0. The molecule has 2 nitrogen and oxygen atoms in total. The van der Waals surface area contributed by atoms with Crippen LogP contribution in [0.4, 0.5) is 11.4 Å². The number of nitrogens with one attached hydrogen (secondary N) is 1. The molecule has 1 aliphatic heterocycles. The number of fused-ring (bicyclic) bond motifs is 1. The van der Waals surface area contributed by atoms with E-state index in [1.54, 1.807) is 0 Å². The number of anilines is 1. The standard InChI is InChI=1S/C9H8N2/c1-10-8-3-2-7-4-5-11-9(7)6-8/h2-3,6,11H,4-5H2. The Morgan fingerprint density at radius 1 is 1.45 bits per heavy atom. The third-order valence-corrected chi connectivity index (χ3v) is 1.93. The van der Waals surface area contributed by atoms with E-state index in [1.807, 2.05) is 18.2 Å². The molecule has 0 fully saturated rings. The largest absolute Gasteiger partial charge is 0.386 e. The van der Waals surface area contributed by atoms with E-state index >= 15 is 0 Å². The molecule has 1 aromatic rings. The lowest BCUT2D eigenvalue weighted by Gasteiger charge is -1.97. The molecule has 0 bridgehead atoms. The van der Waals surface area contributed by atoms with Gasteiger partial charge in [0.25, 0.3) is 0 Å². The zero-order valence-corrected chi connectivity index (χ0v) is 6.09. The van der Waals surface area contributed by atoms with E-state index in [0.29, 0.717) is 0 Å². The molecule has 0 amide bonds. The van der Waals surface area contributed by atoms with Gasteiger partial charge in [-0.05, 0) is 18.1 Å². The van der Waals surface area contributed by atoms with Gasteiger partial charge >= 0.3 is 0 Å². The lowest BCUT2D eigenvalue weighted by Crippen LogP contribution is -1.90. The average molecular weight is 144 g/mol. The number of nitrogens with zero attached hydrogens (tertiary/aromatic N) is 1. The fourth-order valence-electron chi connectivity index (χ4n) is 1.35. The molecule has 2 rings (SSSR count). The summed E-state index contributed by atoms with van der Waals surface area (Å²) in [5.41, 5.74) is 3.19. The van der Waals surface area contributed by atoms with Crippen LogP contribution in [-0.2, 0) is 6.42 Å². The first-order chi connectivity index (χ1) is 5.40. The molecule has 0 aromatic heterocycles. The van der Waals surface area contributed by atoms with Gasteiger partial charge in [-0.15, -0.1) is 0 Å². The third kappa shape index (κ3) is 0.947. The predicted molar refractivity (Wildman–Crippen MR) is 44.9 cm³/mol. The molecule has 0 radical (unpaired) electrons. The van der Waals surface area contributed by atoms with Crippen LogP contribution in [-0.4, -0.2) is 6.54 Å². The molecule has 0 saturated carbocycles. The van der Waals surface area contributed by atoms with E-state index < -0.39 is 0 Å². The van der Waals surface area contributed by atoms with Gasteiger partial charge in [-0.2, -0.15) is 0 Å². The first-order valence-electron chi connectivity index (χ1n) is 3.64. The SMILES string of the molecule is [C-]#[N+]c1ccc2c(c1)NCC2. The molecular formula is C9H8N2. The van der Waals surface area contributed by atoms with Gasteiger partial charge in [-0.1, -0.05) is 12.1 Å². The van der Waals surface area contributed by atoms with Crippen molar-refractivity contribution in [2.24, 2.45) is 0 Å². The van der Waals surface area contributed by atoms with Crippen molar-refractivity contribution in [2.45, 2.75) is 6.42 Å². The zero-order chi connectivity index (χ0) is 7.68. The fourth-order valence-corrected chi connectivity index (χ4v) is 1.35. The highest BCUT2D eigenvalue weighted by molar-refractivity contribution is 5.64.